The molecule has 0 unspecified atom stereocenters. The number of nitrogens with zero attached hydrogens (tertiary/aromatic N) is 2. The van der Waals surface area contributed by atoms with Gasteiger partial charge in [0, 0.05) is 25.0 Å². The van der Waals surface area contributed by atoms with Crippen molar-refractivity contribution in [3.63, 3.8) is 0 Å². The second-order valence-corrected chi connectivity index (χ2v) is 5.71. The molecule has 0 saturated heterocycles. The summed E-state index contributed by atoms with van der Waals surface area (Å²) in [5.41, 5.74) is 2.29. The van der Waals surface area contributed by atoms with Crippen molar-refractivity contribution < 1.29 is 9.47 Å². The summed E-state index contributed by atoms with van der Waals surface area (Å²) in [4.78, 5) is 0. The van der Waals surface area contributed by atoms with Gasteiger partial charge in [0.1, 0.15) is 18.1 Å². The maximum atomic E-state index is 5.76. The van der Waals surface area contributed by atoms with Gasteiger partial charge in [0.15, 0.2) is 0 Å². The van der Waals surface area contributed by atoms with Gasteiger partial charge in [-0.25, -0.2) is 4.68 Å². The Labute approximate surface area is 148 Å². The number of hydrogen-bond donors (Lipinski definition) is 1. The highest BCUT2D eigenvalue weighted by atomic mass is 16.5. The molecule has 0 fully saturated rings. The third-order valence-electron chi connectivity index (χ3n) is 4.04. The van der Waals surface area contributed by atoms with Gasteiger partial charge in [-0.05, 0) is 48.9 Å². The van der Waals surface area contributed by atoms with Crippen molar-refractivity contribution in [3.8, 4) is 17.2 Å². The van der Waals surface area contributed by atoms with E-state index in [2.05, 4.69) is 29.5 Å². The zero-order valence-electron chi connectivity index (χ0n) is 14.6. The Hall–Kier alpha value is -2.79. The van der Waals surface area contributed by atoms with Crippen molar-refractivity contribution in [1.29, 1.82) is 0 Å². The van der Waals surface area contributed by atoms with E-state index in [0.717, 1.165) is 23.7 Å². The number of hydrogen-bond acceptors (Lipinski definition) is 4. The van der Waals surface area contributed by atoms with Crippen LogP contribution in [0.5, 0.6) is 11.5 Å². The number of rotatable bonds is 8. The van der Waals surface area contributed by atoms with Gasteiger partial charge in [-0.2, -0.15) is 5.10 Å². The van der Waals surface area contributed by atoms with E-state index in [0.29, 0.717) is 6.61 Å². The van der Waals surface area contributed by atoms with Gasteiger partial charge in [0.05, 0.1) is 12.8 Å². The zero-order valence-corrected chi connectivity index (χ0v) is 14.6. The average molecular weight is 337 g/mol. The van der Waals surface area contributed by atoms with Crippen LogP contribution in [-0.2, 0) is 0 Å². The predicted octanol–water partition coefficient (Wildman–Crippen LogP) is 3.61. The Balaban J connectivity index is 1.53. The lowest BCUT2D eigenvalue weighted by molar-refractivity contribution is 0.307. The first-order valence-electron chi connectivity index (χ1n) is 8.37. The molecule has 0 aliphatic heterocycles. The molecule has 130 valence electrons. The monoisotopic (exact) mass is 337 g/mol. The summed E-state index contributed by atoms with van der Waals surface area (Å²) in [7, 11) is 1.66. The summed E-state index contributed by atoms with van der Waals surface area (Å²) in [6.07, 6.45) is 3.75. The molecule has 1 heterocycles. The van der Waals surface area contributed by atoms with Gasteiger partial charge in [0.2, 0.25) is 0 Å². The van der Waals surface area contributed by atoms with Crippen LogP contribution in [0.4, 0.5) is 0 Å². The van der Waals surface area contributed by atoms with Crippen molar-refractivity contribution in [2.75, 3.05) is 20.3 Å². The highest BCUT2D eigenvalue weighted by molar-refractivity contribution is 5.42. The van der Waals surface area contributed by atoms with Crippen LogP contribution >= 0.6 is 0 Å². The highest BCUT2D eigenvalue weighted by Gasteiger charge is 2.11. The standard InChI is InChI=1S/C20H23N3O2/c1-16(19-6-3-4-7-20(19)23-14-5-12-22-23)21-13-15-25-18-10-8-17(24-2)9-11-18/h3-12,14,16,21H,13,15H2,1-2H3/t16-/m0/s1. The lowest BCUT2D eigenvalue weighted by atomic mass is 10.1. The van der Waals surface area contributed by atoms with E-state index < -0.39 is 0 Å². The summed E-state index contributed by atoms with van der Waals surface area (Å²) in [6.45, 7) is 3.50. The first-order chi connectivity index (χ1) is 12.3. The molecule has 1 N–H and O–H groups in total. The van der Waals surface area contributed by atoms with Gasteiger partial charge in [0.25, 0.3) is 0 Å². The fraction of sp³-hybridized carbons (Fsp3) is 0.250. The quantitative estimate of drug-likeness (QED) is 0.638. The summed E-state index contributed by atoms with van der Waals surface area (Å²) >= 11 is 0. The number of aromatic nitrogens is 2. The molecule has 0 aliphatic rings. The van der Waals surface area contributed by atoms with E-state index in [-0.39, 0.29) is 6.04 Å². The van der Waals surface area contributed by atoms with Crippen molar-refractivity contribution in [3.05, 3.63) is 72.6 Å². The minimum Gasteiger partial charge on any atom is -0.497 e. The highest BCUT2D eigenvalue weighted by Crippen LogP contribution is 2.21. The summed E-state index contributed by atoms with van der Waals surface area (Å²) in [5.74, 6) is 1.67. The normalized spacial score (nSPS) is 11.9. The Morgan fingerprint density at radius 1 is 1.04 bits per heavy atom. The van der Waals surface area contributed by atoms with Gasteiger partial charge in [-0.15, -0.1) is 0 Å². The Bertz CT molecular complexity index is 770. The molecule has 25 heavy (non-hydrogen) atoms. The van der Waals surface area contributed by atoms with Crippen LogP contribution in [0.2, 0.25) is 0 Å². The van der Waals surface area contributed by atoms with E-state index >= 15 is 0 Å². The molecule has 5 heteroatoms. The third-order valence-corrected chi connectivity index (χ3v) is 4.04. The average Bonchev–Trinajstić information content (AvgIpc) is 3.20. The van der Waals surface area contributed by atoms with Gasteiger partial charge in [-0.1, -0.05) is 18.2 Å². The molecule has 1 atom stereocenters. The largest absolute Gasteiger partial charge is 0.497 e. The fourth-order valence-electron chi connectivity index (χ4n) is 2.70. The van der Waals surface area contributed by atoms with Crippen LogP contribution in [0.25, 0.3) is 5.69 Å². The molecule has 3 rings (SSSR count). The second kappa shape index (κ2) is 8.35. The second-order valence-electron chi connectivity index (χ2n) is 5.71. The van der Waals surface area contributed by atoms with Crippen molar-refractivity contribution in [1.82, 2.24) is 15.1 Å². The minimum atomic E-state index is 0.194. The number of methoxy groups -OCH3 is 1. The molecule has 5 nitrogen and oxygen atoms in total. The van der Waals surface area contributed by atoms with Crippen LogP contribution in [0.15, 0.2) is 67.0 Å². The van der Waals surface area contributed by atoms with Crippen molar-refractivity contribution >= 4 is 0 Å². The fourth-order valence-corrected chi connectivity index (χ4v) is 2.70. The first kappa shape index (κ1) is 17.0. The molecule has 0 spiro atoms. The summed E-state index contributed by atoms with van der Waals surface area (Å²) in [6, 6.07) is 18.0. The summed E-state index contributed by atoms with van der Waals surface area (Å²) in [5, 5.41) is 7.84. The molecule has 3 aromatic rings. The van der Waals surface area contributed by atoms with Gasteiger partial charge in [-0.3, -0.25) is 0 Å². The lowest BCUT2D eigenvalue weighted by Gasteiger charge is -2.18. The van der Waals surface area contributed by atoms with Crippen molar-refractivity contribution in [2.45, 2.75) is 13.0 Å². The summed E-state index contributed by atoms with van der Waals surface area (Å²) < 4.78 is 12.8. The Kier molecular flexibility index (Phi) is 5.69. The van der Waals surface area contributed by atoms with Crippen LogP contribution < -0.4 is 14.8 Å². The van der Waals surface area contributed by atoms with E-state index in [9.17, 15) is 0 Å². The smallest absolute Gasteiger partial charge is 0.119 e. The Morgan fingerprint density at radius 3 is 2.52 bits per heavy atom. The number of benzene rings is 2. The first-order valence-corrected chi connectivity index (χ1v) is 8.37. The maximum Gasteiger partial charge on any atom is 0.119 e. The molecule has 1 aromatic heterocycles. The topological polar surface area (TPSA) is 48.3 Å². The van der Waals surface area contributed by atoms with Crippen LogP contribution in [-0.4, -0.2) is 30.0 Å². The van der Waals surface area contributed by atoms with Crippen molar-refractivity contribution in [2.24, 2.45) is 0 Å². The van der Waals surface area contributed by atoms with Crippen LogP contribution in [0.1, 0.15) is 18.5 Å². The van der Waals surface area contributed by atoms with E-state index in [4.69, 9.17) is 9.47 Å². The molecule has 0 amide bonds. The lowest BCUT2D eigenvalue weighted by Crippen LogP contribution is -2.25. The van der Waals surface area contributed by atoms with E-state index in [1.807, 2.05) is 53.3 Å². The third kappa shape index (κ3) is 4.39. The molecule has 0 radical (unpaired) electrons. The van der Waals surface area contributed by atoms with Gasteiger partial charge < -0.3 is 14.8 Å². The zero-order chi connectivity index (χ0) is 17.5. The molecule has 2 aromatic carbocycles. The molecular weight excluding hydrogens is 314 g/mol. The number of para-hydroxylation sites is 1. The van der Waals surface area contributed by atoms with Crippen LogP contribution in [0, 0.1) is 0 Å². The van der Waals surface area contributed by atoms with Gasteiger partial charge >= 0.3 is 0 Å². The maximum absolute atomic E-state index is 5.76. The predicted molar refractivity (Wildman–Crippen MR) is 98.5 cm³/mol. The number of nitrogens with one attached hydrogen (secondary N) is 1. The molecule has 0 saturated carbocycles. The molecular formula is C20H23N3O2. The number of ether oxygens (including phenoxy) is 2. The van der Waals surface area contributed by atoms with E-state index in [1.54, 1.807) is 13.3 Å². The Morgan fingerprint density at radius 2 is 1.80 bits per heavy atom. The molecule has 0 aliphatic carbocycles. The minimum absolute atomic E-state index is 0.194. The SMILES string of the molecule is COc1ccc(OCCN[C@@H](C)c2ccccc2-n2cccn2)cc1. The van der Waals surface area contributed by atoms with Crippen LogP contribution in [0.3, 0.4) is 0 Å². The van der Waals surface area contributed by atoms with E-state index in [1.165, 1.54) is 5.56 Å². The molecule has 0 bridgehead atoms.